The Labute approximate surface area is 80.4 Å². The molecule has 3 heteroatoms. The Balaban J connectivity index is 3.32. The molecule has 0 aromatic carbocycles. The van der Waals surface area contributed by atoms with Crippen molar-refractivity contribution in [1.82, 2.24) is 0 Å². The van der Waals surface area contributed by atoms with Gasteiger partial charge in [0.25, 0.3) is 0 Å². The second-order valence-corrected chi connectivity index (χ2v) is 2.88. The van der Waals surface area contributed by atoms with Crippen LogP contribution in [0.4, 0.5) is 0 Å². The molecule has 4 radical (unpaired) electrons. The van der Waals surface area contributed by atoms with Gasteiger partial charge < -0.3 is 15.3 Å². The molecule has 0 aliphatic heterocycles. The Kier molecular flexibility index (Phi) is 8.40. The molecule has 0 aromatic heterocycles. The second-order valence-electron chi connectivity index (χ2n) is 2.88. The third kappa shape index (κ3) is 8.22. The van der Waals surface area contributed by atoms with Crippen molar-refractivity contribution < 1.29 is 15.3 Å². The molecule has 0 aromatic rings. The van der Waals surface area contributed by atoms with Crippen molar-refractivity contribution in [3.63, 3.8) is 0 Å². The van der Waals surface area contributed by atoms with E-state index >= 15 is 0 Å². The summed E-state index contributed by atoms with van der Waals surface area (Å²) in [6, 6.07) is 0. The minimum Gasteiger partial charge on any atom is -0.396 e. The molecule has 0 fully saturated rings. The van der Waals surface area contributed by atoms with E-state index in [-0.39, 0.29) is 13.0 Å². The molecular weight excluding hydrogens is 168 g/mol. The molecule has 0 amide bonds. The van der Waals surface area contributed by atoms with Crippen LogP contribution >= 0.6 is 0 Å². The highest BCUT2D eigenvalue weighted by molar-refractivity contribution is 5.04. The van der Waals surface area contributed by atoms with Crippen LogP contribution in [0.3, 0.4) is 0 Å². The summed E-state index contributed by atoms with van der Waals surface area (Å²) in [5.74, 6) is 0. The van der Waals surface area contributed by atoms with Crippen LogP contribution in [0.1, 0.15) is 19.8 Å². The molecule has 0 spiro atoms. The monoisotopic (exact) mass is 186 g/mol. The van der Waals surface area contributed by atoms with Crippen molar-refractivity contribution in [3.05, 3.63) is 25.7 Å². The third-order valence-corrected chi connectivity index (χ3v) is 1.61. The maximum atomic E-state index is 9.31. The van der Waals surface area contributed by atoms with E-state index in [1.165, 1.54) is 0 Å². The lowest BCUT2D eigenvalue weighted by Gasteiger charge is -2.13. The molecule has 0 aliphatic rings. The van der Waals surface area contributed by atoms with Gasteiger partial charge in [0.05, 0.1) is 12.2 Å². The molecule has 0 aliphatic carbocycles. The standard InChI is InChI=1S/C10H18O3/c1-2-3-4-5-9(12)8-10(13)6-7-11/h2-5,9-13H,6-8H2,1H3/t9-,10-/m0/s1. The summed E-state index contributed by atoms with van der Waals surface area (Å²) in [7, 11) is 0. The van der Waals surface area contributed by atoms with Gasteiger partial charge in [-0.15, -0.1) is 0 Å². The summed E-state index contributed by atoms with van der Waals surface area (Å²) < 4.78 is 0. The van der Waals surface area contributed by atoms with Crippen molar-refractivity contribution in [2.24, 2.45) is 0 Å². The van der Waals surface area contributed by atoms with Gasteiger partial charge in [-0.3, -0.25) is 0 Å². The largest absolute Gasteiger partial charge is 0.396 e. The van der Waals surface area contributed by atoms with Crippen LogP contribution in [0.2, 0.25) is 0 Å². The first kappa shape index (κ1) is 12.9. The maximum absolute atomic E-state index is 9.31. The van der Waals surface area contributed by atoms with Crippen molar-refractivity contribution in [2.45, 2.75) is 32.0 Å². The van der Waals surface area contributed by atoms with Gasteiger partial charge in [0.2, 0.25) is 0 Å². The summed E-state index contributed by atoms with van der Waals surface area (Å²) in [4.78, 5) is 0. The van der Waals surface area contributed by atoms with Crippen LogP contribution in [0, 0.1) is 25.7 Å². The Hall–Kier alpha value is -0.120. The highest BCUT2D eigenvalue weighted by Gasteiger charge is 2.11. The molecule has 0 heterocycles. The maximum Gasteiger partial charge on any atom is 0.0599 e. The quantitative estimate of drug-likeness (QED) is 0.478. The molecule has 0 unspecified atom stereocenters. The van der Waals surface area contributed by atoms with E-state index in [0.29, 0.717) is 6.42 Å². The number of unbranched alkanes of at least 4 members (excludes halogenated alkanes) is 2. The fraction of sp³-hybridized carbons (Fsp3) is 0.600. The van der Waals surface area contributed by atoms with Crippen LogP contribution in [0.5, 0.6) is 0 Å². The van der Waals surface area contributed by atoms with Crippen molar-refractivity contribution >= 4 is 0 Å². The van der Waals surface area contributed by atoms with E-state index in [2.05, 4.69) is 0 Å². The summed E-state index contributed by atoms with van der Waals surface area (Å²) in [6.07, 6.45) is 6.32. The predicted molar refractivity (Wildman–Crippen MR) is 51.2 cm³/mol. The first-order valence-electron chi connectivity index (χ1n) is 4.47. The van der Waals surface area contributed by atoms with Gasteiger partial charge in [-0.25, -0.2) is 0 Å². The number of hydrogen-bond donors (Lipinski definition) is 3. The predicted octanol–water partition coefficient (Wildman–Crippen LogP) is 0.318. The van der Waals surface area contributed by atoms with Gasteiger partial charge in [-0.1, -0.05) is 6.92 Å². The highest BCUT2D eigenvalue weighted by Crippen LogP contribution is 2.07. The number of rotatable bonds is 8. The molecule has 13 heavy (non-hydrogen) atoms. The minimum atomic E-state index is -0.641. The number of aliphatic hydroxyl groups is 3. The van der Waals surface area contributed by atoms with Crippen molar-refractivity contribution in [2.75, 3.05) is 6.61 Å². The van der Waals surface area contributed by atoms with E-state index in [9.17, 15) is 10.2 Å². The van der Waals surface area contributed by atoms with E-state index in [1.807, 2.05) is 19.8 Å². The van der Waals surface area contributed by atoms with Gasteiger partial charge in [0, 0.05) is 6.61 Å². The Morgan fingerprint density at radius 1 is 1.23 bits per heavy atom. The first-order valence-corrected chi connectivity index (χ1v) is 4.47. The summed E-state index contributed by atoms with van der Waals surface area (Å²) in [6.45, 7) is 1.84. The van der Waals surface area contributed by atoms with Gasteiger partial charge in [0.15, 0.2) is 0 Å². The van der Waals surface area contributed by atoms with Gasteiger partial charge in [-0.2, -0.15) is 0 Å². The molecule has 2 atom stereocenters. The lowest BCUT2D eigenvalue weighted by molar-refractivity contribution is 0.0778. The second kappa shape index (κ2) is 8.48. The zero-order valence-electron chi connectivity index (χ0n) is 7.93. The average Bonchev–Trinajstić information content (AvgIpc) is 2.05. The zero-order chi connectivity index (χ0) is 10.1. The van der Waals surface area contributed by atoms with E-state index in [4.69, 9.17) is 5.11 Å². The van der Waals surface area contributed by atoms with Crippen molar-refractivity contribution in [3.8, 4) is 0 Å². The molecule has 0 bridgehead atoms. The van der Waals surface area contributed by atoms with E-state index < -0.39 is 12.2 Å². The minimum absolute atomic E-state index is 0.0491. The van der Waals surface area contributed by atoms with E-state index in [0.717, 1.165) is 0 Å². The van der Waals surface area contributed by atoms with Gasteiger partial charge >= 0.3 is 0 Å². The van der Waals surface area contributed by atoms with Gasteiger partial charge in [0.1, 0.15) is 0 Å². The molecule has 0 saturated carbocycles. The SMILES string of the molecule is C[CH][CH][CH][CH][C@H](O)C[C@@H](O)CCO. The smallest absolute Gasteiger partial charge is 0.0599 e. The topological polar surface area (TPSA) is 60.7 Å². The number of aliphatic hydroxyl groups excluding tert-OH is 3. The number of hydrogen-bond acceptors (Lipinski definition) is 3. The van der Waals surface area contributed by atoms with Crippen LogP contribution in [-0.4, -0.2) is 34.1 Å². The molecule has 76 valence electrons. The fourth-order valence-corrected chi connectivity index (χ4v) is 0.928. The van der Waals surface area contributed by atoms with Crippen LogP contribution in [-0.2, 0) is 0 Å². The molecule has 3 nitrogen and oxygen atoms in total. The Bertz CT molecular complexity index is 106. The summed E-state index contributed by atoms with van der Waals surface area (Å²) >= 11 is 0. The average molecular weight is 186 g/mol. The summed E-state index contributed by atoms with van der Waals surface area (Å²) in [5.41, 5.74) is 0. The van der Waals surface area contributed by atoms with E-state index in [1.54, 1.807) is 12.8 Å². The highest BCUT2D eigenvalue weighted by atomic mass is 16.3. The molecule has 0 rings (SSSR count). The van der Waals surface area contributed by atoms with Crippen LogP contribution in [0.25, 0.3) is 0 Å². The Morgan fingerprint density at radius 2 is 1.92 bits per heavy atom. The summed E-state index contributed by atoms with van der Waals surface area (Å²) in [5, 5.41) is 27.0. The molecular formula is C10H18O3. The lowest BCUT2D eigenvalue weighted by atomic mass is 10.0. The lowest BCUT2D eigenvalue weighted by Crippen LogP contribution is -2.19. The third-order valence-electron chi connectivity index (χ3n) is 1.61. The zero-order valence-corrected chi connectivity index (χ0v) is 7.93. The van der Waals surface area contributed by atoms with Gasteiger partial charge in [-0.05, 0) is 38.5 Å². The van der Waals surface area contributed by atoms with Crippen molar-refractivity contribution in [1.29, 1.82) is 0 Å². The van der Waals surface area contributed by atoms with Crippen LogP contribution < -0.4 is 0 Å². The fourth-order valence-electron chi connectivity index (χ4n) is 0.928. The van der Waals surface area contributed by atoms with Crippen LogP contribution in [0.15, 0.2) is 0 Å². The normalized spacial score (nSPS) is 15.7. The molecule has 0 saturated heterocycles. The Morgan fingerprint density at radius 3 is 2.46 bits per heavy atom. The molecule has 3 N–H and O–H groups in total. The first-order chi connectivity index (χ1) is 6.20.